The van der Waals surface area contributed by atoms with E-state index in [1.54, 1.807) is 11.8 Å². The fraction of sp³-hybridized carbons (Fsp3) is 0. The molecular weight excluding hydrogens is 510 g/mol. The smallest absolute Gasteiger partial charge is 0.256 e. The third-order valence-corrected chi connectivity index (χ3v) is 6.52. The lowest BCUT2D eigenvalue weighted by Crippen LogP contribution is -2.03. The zero-order chi connectivity index (χ0) is 19.0. The predicted molar refractivity (Wildman–Crippen MR) is 120 cm³/mol. The first-order valence-electron chi connectivity index (χ1n) is 8.06. The van der Waals surface area contributed by atoms with E-state index in [1.807, 2.05) is 60.7 Å². The van der Waals surface area contributed by atoms with Crippen molar-refractivity contribution in [3.63, 3.8) is 0 Å². The van der Waals surface area contributed by atoms with E-state index in [9.17, 15) is 4.79 Å². The minimum absolute atomic E-state index is 0.102. The van der Waals surface area contributed by atoms with Crippen molar-refractivity contribution in [2.45, 2.75) is 9.79 Å². The minimum atomic E-state index is -0.102. The van der Waals surface area contributed by atoms with Crippen molar-refractivity contribution in [1.82, 2.24) is 0 Å². The van der Waals surface area contributed by atoms with Crippen LogP contribution in [0.1, 0.15) is 11.1 Å². The van der Waals surface area contributed by atoms with Crippen LogP contribution in [-0.2, 0) is 4.79 Å². The molecule has 6 heteroatoms. The predicted octanol–water partition coefficient (Wildman–Crippen LogP) is 7.51. The Balaban J connectivity index is 1.76. The monoisotopic (exact) mass is 519 g/mol. The summed E-state index contributed by atoms with van der Waals surface area (Å²) in [6.45, 7) is 0. The number of halogens is 3. The average Bonchev–Trinajstić information content (AvgIpc) is 2.95. The summed E-state index contributed by atoms with van der Waals surface area (Å²) >= 11 is 14.6. The normalized spacial score (nSPS) is 14.3. The Morgan fingerprint density at radius 1 is 1.00 bits per heavy atom. The highest BCUT2D eigenvalue weighted by atomic mass is 79.9. The fourth-order valence-corrected chi connectivity index (χ4v) is 5.21. The molecule has 0 aliphatic carbocycles. The molecule has 134 valence electrons. The van der Waals surface area contributed by atoms with Gasteiger partial charge < -0.3 is 5.32 Å². The van der Waals surface area contributed by atoms with E-state index in [-0.39, 0.29) is 5.91 Å². The molecule has 2 nitrogen and oxygen atoms in total. The number of fused-ring (bicyclic) bond motifs is 1. The number of carbonyl (C=O) groups excluding carboxylic acids is 1. The molecule has 1 aliphatic heterocycles. The quantitative estimate of drug-likeness (QED) is 0.362. The molecule has 0 saturated heterocycles. The number of hydrogen-bond donors (Lipinski definition) is 1. The Morgan fingerprint density at radius 2 is 1.74 bits per heavy atom. The van der Waals surface area contributed by atoms with Crippen LogP contribution in [0, 0.1) is 0 Å². The maximum atomic E-state index is 12.6. The van der Waals surface area contributed by atoms with Gasteiger partial charge >= 0.3 is 0 Å². The van der Waals surface area contributed by atoms with Crippen molar-refractivity contribution in [3.8, 4) is 0 Å². The van der Waals surface area contributed by atoms with Crippen LogP contribution in [0.4, 0.5) is 5.69 Å². The Labute approximate surface area is 183 Å². The maximum absolute atomic E-state index is 12.6. The number of anilines is 1. The van der Waals surface area contributed by atoms with Crippen LogP contribution in [0.3, 0.4) is 0 Å². The molecule has 0 aromatic heterocycles. The van der Waals surface area contributed by atoms with Crippen molar-refractivity contribution in [1.29, 1.82) is 0 Å². The number of hydrogen-bond acceptors (Lipinski definition) is 2. The van der Waals surface area contributed by atoms with Crippen molar-refractivity contribution in [2.75, 3.05) is 5.32 Å². The summed E-state index contributed by atoms with van der Waals surface area (Å²) in [4.78, 5) is 14.7. The van der Waals surface area contributed by atoms with E-state index in [4.69, 9.17) is 11.6 Å². The van der Waals surface area contributed by atoms with Crippen LogP contribution in [0.2, 0.25) is 5.02 Å². The molecule has 0 saturated carbocycles. The van der Waals surface area contributed by atoms with Crippen LogP contribution in [-0.4, -0.2) is 5.91 Å². The Kier molecular flexibility index (Phi) is 5.46. The average molecular weight is 522 g/mol. The zero-order valence-electron chi connectivity index (χ0n) is 13.8. The molecule has 0 radical (unpaired) electrons. The second-order valence-corrected chi connectivity index (χ2v) is 9.24. The van der Waals surface area contributed by atoms with Gasteiger partial charge in [0.15, 0.2) is 0 Å². The van der Waals surface area contributed by atoms with Crippen LogP contribution in [0.5, 0.6) is 0 Å². The van der Waals surface area contributed by atoms with Gasteiger partial charge in [0, 0.05) is 34.9 Å². The number of benzene rings is 3. The molecule has 27 heavy (non-hydrogen) atoms. The summed E-state index contributed by atoms with van der Waals surface area (Å²) in [7, 11) is 0. The minimum Gasteiger partial charge on any atom is -0.320 e. The van der Waals surface area contributed by atoms with E-state index in [0.717, 1.165) is 35.6 Å². The van der Waals surface area contributed by atoms with Crippen molar-refractivity contribution < 1.29 is 4.79 Å². The molecule has 0 unspecified atom stereocenters. The van der Waals surface area contributed by atoms with E-state index >= 15 is 0 Å². The second-order valence-electron chi connectivity index (χ2n) is 5.92. The standard InChI is InChI=1S/C21H12Br2ClNOS/c22-13-10-16-17(21(26)25-20(16)18(23)11-13)9-12-3-1-2-4-19(12)27-15-7-5-14(24)6-8-15/h1-11H,(H,25,26). The van der Waals surface area contributed by atoms with Crippen LogP contribution in [0.15, 0.2) is 79.4 Å². The van der Waals surface area contributed by atoms with Crippen molar-refractivity contribution in [3.05, 3.63) is 85.8 Å². The number of rotatable bonds is 3. The van der Waals surface area contributed by atoms with Gasteiger partial charge in [-0.05, 0) is 70.0 Å². The van der Waals surface area contributed by atoms with Gasteiger partial charge in [-0.3, -0.25) is 4.79 Å². The molecule has 0 bridgehead atoms. The van der Waals surface area contributed by atoms with Crippen molar-refractivity contribution in [2.24, 2.45) is 0 Å². The van der Waals surface area contributed by atoms with Gasteiger partial charge in [0.2, 0.25) is 0 Å². The van der Waals surface area contributed by atoms with E-state index < -0.39 is 0 Å². The number of nitrogens with one attached hydrogen (secondary N) is 1. The highest BCUT2D eigenvalue weighted by molar-refractivity contribution is 9.11. The van der Waals surface area contributed by atoms with Crippen LogP contribution in [0.25, 0.3) is 11.6 Å². The third-order valence-electron chi connectivity index (χ3n) is 4.09. The fourth-order valence-electron chi connectivity index (χ4n) is 2.84. The molecule has 0 atom stereocenters. The lowest BCUT2D eigenvalue weighted by Gasteiger charge is -2.07. The first-order valence-corrected chi connectivity index (χ1v) is 10.8. The molecule has 1 heterocycles. The van der Waals surface area contributed by atoms with Crippen molar-refractivity contribution >= 4 is 78.5 Å². The van der Waals surface area contributed by atoms with Gasteiger partial charge in [0.1, 0.15) is 0 Å². The molecule has 0 spiro atoms. The number of amides is 1. The molecule has 1 N–H and O–H groups in total. The Hall–Kier alpha value is -1.53. The topological polar surface area (TPSA) is 29.1 Å². The SMILES string of the molecule is O=C1Nc2c(Br)cc(Br)cc2C1=Cc1ccccc1Sc1ccc(Cl)cc1. The molecule has 3 aromatic carbocycles. The van der Waals surface area contributed by atoms with Gasteiger partial charge in [-0.25, -0.2) is 0 Å². The molecule has 4 rings (SSSR count). The largest absolute Gasteiger partial charge is 0.320 e. The molecule has 1 aliphatic rings. The van der Waals surface area contributed by atoms with E-state index in [1.165, 1.54) is 0 Å². The first kappa shape index (κ1) is 18.8. The third kappa shape index (κ3) is 4.02. The summed E-state index contributed by atoms with van der Waals surface area (Å²) in [5, 5.41) is 3.66. The van der Waals surface area contributed by atoms with Crippen LogP contribution < -0.4 is 5.32 Å². The molecule has 0 fully saturated rings. The summed E-state index contributed by atoms with van der Waals surface area (Å²) in [6, 6.07) is 19.6. The summed E-state index contributed by atoms with van der Waals surface area (Å²) in [6.07, 6.45) is 1.94. The highest BCUT2D eigenvalue weighted by Gasteiger charge is 2.26. The molecular formula is C21H12Br2ClNOS. The lowest BCUT2D eigenvalue weighted by molar-refractivity contribution is -0.110. The summed E-state index contributed by atoms with van der Waals surface area (Å²) in [5.41, 5.74) is 3.33. The van der Waals surface area contributed by atoms with Gasteiger partial charge in [-0.15, -0.1) is 0 Å². The number of carbonyl (C=O) groups is 1. The van der Waals surface area contributed by atoms with Gasteiger partial charge in [0.05, 0.1) is 5.69 Å². The first-order chi connectivity index (χ1) is 13.0. The zero-order valence-corrected chi connectivity index (χ0v) is 18.5. The van der Waals surface area contributed by atoms with Crippen LogP contribution >= 0.6 is 55.2 Å². The second kappa shape index (κ2) is 7.84. The van der Waals surface area contributed by atoms with Gasteiger partial charge in [0.25, 0.3) is 5.91 Å². The Morgan fingerprint density at radius 3 is 2.52 bits per heavy atom. The van der Waals surface area contributed by atoms with E-state index in [2.05, 4.69) is 43.2 Å². The summed E-state index contributed by atoms with van der Waals surface area (Å²) in [5.74, 6) is -0.102. The lowest BCUT2D eigenvalue weighted by atomic mass is 10.0. The van der Waals surface area contributed by atoms with Gasteiger partial charge in [-0.2, -0.15) is 0 Å². The van der Waals surface area contributed by atoms with Gasteiger partial charge in [-0.1, -0.05) is 57.5 Å². The summed E-state index contributed by atoms with van der Waals surface area (Å²) < 4.78 is 1.77. The highest BCUT2D eigenvalue weighted by Crippen LogP contribution is 2.41. The maximum Gasteiger partial charge on any atom is 0.256 e. The molecule has 3 aromatic rings. The van der Waals surface area contributed by atoms with E-state index in [0.29, 0.717) is 10.6 Å². The molecule has 1 amide bonds. The Bertz CT molecular complexity index is 1080.